The number of hydrogen-bond acceptors (Lipinski definition) is 34. The SMILES string of the molecule is CC(=O)C(C)(Cl)OC(C)(Cl)C(=O)OC(C)(OC(C)(Cl)C(=O)O)C(=O)O.CC(=O)C(C)(Cl)OC(C)(OC(C)(OC(C)(Cl)C(=O)O)C(=O)O)C(=O)O.CC(C)(Cl)C(=O)OC(C)(Cl)C(=O)OC(C)(Cl)C(=O)OC(C)(Cl)C(=O)O.CC(Cl)(Cl)C(=O)OC(C)(OC(C)(OC(C)(Cl)C(=O)O)C(=O)O)C(=O)O.CC(Cl)(Cl)OC(C)(Cl)C(=O)OC(C)(OC(C)(Cl)C(=O)O)C(=O)O. The second kappa shape index (κ2) is 44.8. The number of halogens is 16. The molecule has 0 aromatic rings. The molecule has 0 saturated carbocycles. The highest BCUT2D eigenvalue weighted by Gasteiger charge is 2.60. The van der Waals surface area contributed by atoms with Crippen LogP contribution >= 0.6 is 186 Å². The fraction of sp³-hybridized carbons (Fsp3) is 0.694. The van der Waals surface area contributed by atoms with Crippen molar-refractivity contribution in [3.8, 4) is 0 Å². The molecule has 45 nitrogen and oxygen atoms in total. The molecule has 0 aliphatic carbocycles. The van der Waals surface area contributed by atoms with Gasteiger partial charge in [-0.2, -0.15) is 0 Å². The maximum atomic E-state index is 12.2. The molecule has 0 rings (SSSR count). The zero-order chi connectivity index (χ0) is 101. The number of ketones is 2. The Morgan fingerprint density at radius 3 is 0.569 bits per heavy atom. The molecule has 0 radical (unpaired) electrons. The summed E-state index contributed by atoms with van der Waals surface area (Å²) in [6.45, 7) is 21.1. The molecule has 0 aliphatic heterocycles. The van der Waals surface area contributed by atoms with Gasteiger partial charge in [-0.3, -0.25) is 33.3 Å². The van der Waals surface area contributed by atoms with Crippen molar-refractivity contribution in [3.63, 3.8) is 0 Å². The number of hydrogen-bond donors (Lipinski definition) is 11. The first-order chi connectivity index (χ1) is 53.4. The molecule has 17 unspecified atom stereocenters. The molecule has 0 saturated heterocycles. The van der Waals surface area contributed by atoms with Gasteiger partial charge >= 0.3 is 119 Å². The van der Waals surface area contributed by atoms with Gasteiger partial charge in [0.25, 0.3) is 32.5 Å². The Bertz CT molecular complexity index is 3940. The van der Waals surface area contributed by atoms with Gasteiger partial charge in [0.1, 0.15) is 4.87 Å². The fourth-order valence-corrected chi connectivity index (χ4v) is 8.18. The summed E-state index contributed by atoms with van der Waals surface area (Å²) in [4.78, 5) is 216. The number of ether oxygens (including phenoxy) is 15. The Morgan fingerprint density at radius 1 is 0.179 bits per heavy atom. The summed E-state index contributed by atoms with van der Waals surface area (Å²) in [5.74, 6) is -47.1. The van der Waals surface area contributed by atoms with Crippen molar-refractivity contribution in [1.82, 2.24) is 0 Å². The van der Waals surface area contributed by atoms with Gasteiger partial charge in [-0.1, -0.05) is 174 Å². The van der Waals surface area contributed by atoms with E-state index in [4.69, 9.17) is 254 Å². The zero-order valence-corrected chi connectivity index (χ0v) is 79.4. The van der Waals surface area contributed by atoms with Crippen LogP contribution in [0.4, 0.5) is 0 Å². The molecule has 0 aromatic carbocycles. The number of alkyl halides is 16. The van der Waals surface area contributed by atoms with Gasteiger partial charge in [-0.25, -0.2) is 76.7 Å². The van der Waals surface area contributed by atoms with Crippen molar-refractivity contribution in [1.29, 1.82) is 0 Å². The third kappa shape index (κ3) is 41.3. The van der Waals surface area contributed by atoms with Gasteiger partial charge in [0.15, 0.2) is 16.6 Å². The quantitative estimate of drug-likeness (QED) is 0.0117. The molecule has 123 heavy (non-hydrogen) atoms. The normalized spacial score (nSPS) is 19.9. The molecule has 17 atom stereocenters. The second-order valence-corrected chi connectivity index (χ2v) is 38.9. The third-order valence-electron chi connectivity index (χ3n) is 13.0. The van der Waals surface area contributed by atoms with Crippen LogP contribution in [0.2, 0.25) is 0 Å². The molecule has 0 bridgehead atoms. The van der Waals surface area contributed by atoms with E-state index < -0.39 is 217 Å². The highest BCUT2D eigenvalue weighted by Crippen LogP contribution is 2.40. The molecule has 0 aromatic heterocycles. The summed E-state index contributed by atoms with van der Waals surface area (Å²) in [6, 6.07) is 0. The smallest absolute Gasteiger partial charge is 0.377 e. The first-order valence-corrected chi connectivity index (χ1v) is 37.8. The number of carbonyl (C=O) groups excluding carboxylic acids is 8. The maximum absolute atomic E-state index is 12.2. The monoisotopic (exact) mass is 2100 g/mol. The molecule has 0 amide bonds. The minimum Gasteiger partial charge on any atom is -0.478 e. The van der Waals surface area contributed by atoms with Crippen LogP contribution in [0.1, 0.15) is 159 Å². The number of rotatable bonds is 43. The van der Waals surface area contributed by atoms with Crippen LogP contribution in [0.15, 0.2) is 0 Å². The van der Waals surface area contributed by atoms with E-state index in [0.29, 0.717) is 20.8 Å². The summed E-state index contributed by atoms with van der Waals surface area (Å²) in [5.41, 5.74) is 0. The lowest BCUT2D eigenvalue weighted by Crippen LogP contribution is -2.58. The number of esters is 6. The number of carboxylic acid groups (broad SMARTS) is 11. The average Bonchev–Trinajstić information content (AvgIpc) is 0.779. The lowest BCUT2D eigenvalue weighted by atomic mass is 10.2. The maximum Gasteiger partial charge on any atom is 0.377 e. The van der Waals surface area contributed by atoms with Crippen molar-refractivity contribution in [2.45, 2.75) is 263 Å². The Morgan fingerprint density at radius 2 is 0.358 bits per heavy atom. The van der Waals surface area contributed by atoms with Crippen LogP contribution in [-0.2, 0) is 162 Å². The summed E-state index contributed by atoms with van der Waals surface area (Å²) in [6.07, 6.45) is 0. The van der Waals surface area contributed by atoms with E-state index in [-0.39, 0.29) is 0 Å². The Kier molecular flexibility index (Phi) is 45.9. The van der Waals surface area contributed by atoms with E-state index in [1.54, 1.807) is 0 Å². The number of carboxylic acids is 11. The van der Waals surface area contributed by atoms with E-state index in [1.807, 2.05) is 0 Å². The molecule has 710 valence electrons. The van der Waals surface area contributed by atoms with E-state index in [0.717, 1.165) is 125 Å². The lowest BCUT2D eigenvalue weighted by Gasteiger charge is -2.39. The first-order valence-electron chi connectivity index (χ1n) is 31.7. The van der Waals surface area contributed by atoms with Crippen molar-refractivity contribution >= 4 is 299 Å². The molecular weight excluding hydrogens is 2030 g/mol. The summed E-state index contributed by atoms with van der Waals surface area (Å²) in [5, 5.41) is 73.4. The molecule has 61 heteroatoms. The van der Waals surface area contributed by atoms with E-state index in [9.17, 15) is 117 Å². The van der Waals surface area contributed by atoms with Gasteiger partial charge in [0, 0.05) is 62.3 Å². The standard InChI is InChI=1S/C13H16Cl4O8.C13H17Cl3O9.C13H18Cl2O10.C12H15Cl3O10.C11H14Cl4O8/c1-10(2,14)7(20)23-12(4,16)9(22)25-13(5,17)8(21)24-11(3,15)6(18)19;1-6(17)10(2,14)24-12(4,16)9(22)23-13(5,8(20)21)25-11(3,15)7(18)19;1-6(16)10(2,14)23-12(4,8(19)20)25-13(5,9(21)22)24-11(3,15)7(17)18;1-9(13,14)8(22)23-11(3,6(18)19)25-12(4,7(20)21)24-10(2,15)5(16)17;1-8(12,5(16)17)22-10(3,6(18)19)21-7(20)9(2,13)23-11(4,14)15/h1-5H3,(H,18,19);1-5H3,(H,18,19)(H,20,21);1-5H3,(H,17,18)(H,19,20)(H,21,22);1-4H3,(H,16,17)(H,18,19)(H,20,21);1-4H3,(H,16,17)(H,18,19). The predicted octanol–water partition coefficient (Wildman–Crippen LogP) is 9.61. The van der Waals surface area contributed by atoms with Crippen LogP contribution in [0.3, 0.4) is 0 Å². The predicted molar refractivity (Wildman–Crippen MR) is 419 cm³/mol. The van der Waals surface area contributed by atoms with Gasteiger partial charge in [-0.15, -0.1) is 11.6 Å². The van der Waals surface area contributed by atoms with Crippen LogP contribution < -0.4 is 0 Å². The molecule has 0 heterocycles. The highest BCUT2D eigenvalue weighted by atomic mass is 35.5. The molecule has 11 N–H and O–H groups in total. The Hall–Kier alpha value is -5.39. The number of carbonyl (C=O) groups is 19. The summed E-state index contributed by atoms with van der Waals surface area (Å²) < 4.78 is 66.7. The van der Waals surface area contributed by atoms with Crippen LogP contribution in [0.25, 0.3) is 0 Å². The topological polar surface area (TPSA) is 685 Å². The zero-order valence-electron chi connectivity index (χ0n) is 67.3. The van der Waals surface area contributed by atoms with Gasteiger partial charge < -0.3 is 108 Å². The van der Waals surface area contributed by atoms with Gasteiger partial charge in [0.05, 0.1) is 0 Å². The molecule has 0 spiro atoms. The van der Waals surface area contributed by atoms with Crippen LogP contribution in [0.5, 0.6) is 0 Å². The minimum atomic E-state index is -2.96. The summed E-state index contributed by atoms with van der Waals surface area (Å²) in [7, 11) is 0. The van der Waals surface area contributed by atoms with Crippen molar-refractivity contribution in [3.05, 3.63) is 0 Å². The average molecular weight is 2110 g/mol. The van der Waals surface area contributed by atoms with Crippen molar-refractivity contribution < 1.29 is 218 Å². The van der Waals surface area contributed by atoms with Crippen molar-refractivity contribution in [2.24, 2.45) is 0 Å². The minimum absolute atomic E-state index is 0.656. The third-order valence-corrected chi connectivity index (χ3v) is 16.4. The fourth-order valence-electron chi connectivity index (χ4n) is 6.07. The molecule has 0 fully saturated rings. The summed E-state index contributed by atoms with van der Waals surface area (Å²) >= 11 is 90.0. The highest BCUT2D eigenvalue weighted by molar-refractivity contribution is 6.57. The van der Waals surface area contributed by atoms with Gasteiger partial charge in [-0.05, 0) is 96.9 Å². The Balaban J connectivity index is -0.000000472. The van der Waals surface area contributed by atoms with Crippen LogP contribution in [0, 0.1) is 0 Å². The van der Waals surface area contributed by atoms with Gasteiger partial charge in [0.2, 0.25) is 44.3 Å². The second-order valence-electron chi connectivity index (χ2n) is 26.7. The Labute approximate surface area is 774 Å². The van der Waals surface area contributed by atoms with Crippen molar-refractivity contribution in [2.75, 3.05) is 0 Å². The van der Waals surface area contributed by atoms with Crippen LogP contribution in [-0.4, -0.2) is 273 Å². The number of Topliss-reactive ketones (excluding diaryl/α,β-unsaturated/α-hetero) is 2. The lowest BCUT2D eigenvalue weighted by molar-refractivity contribution is -0.348. The van der Waals surface area contributed by atoms with E-state index in [2.05, 4.69) is 33.2 Å². The van der Waals surface area contributed by atoms with E-state index >= 15 is 0 Å². The van der Waals surface area contributed by atoms with E-state index in [1.165, 1.54) is 13.8 Å². The number of aliphatic carboxylic acids is 11. The largest absolute Gasteiger partial charge is 0.478 e. The molecular formula is C62H80Cl16O45. The first kappa shape index (κ1) is 126. The molecule has 0 aliphatic rings.